The number of carbonyl (C=O) groups is 3. The molecule has 0 aromatic heterocycles. The van der Waals surface area contributed by atoms with Gasteiger partial charge in [0, 0.05) is 44.7 Å². The number of hydrogen-bond acceptors (Lipinski definition) is 5. The van der Waals surface area contributed by atoms with E-state index < -0.39 is 16.2 Å². The molecule has 9 nitrogen and oxygen atoms in total. The van der Waals surface area contributed by atoms with Gasteiger partial charge in [-0.15, -0.1) is 0 Å². The first-order valence-electron chi connectivity index (χ1n) is 10.7. The quantitative estimate of drug-likeness (QED) is 0.631. The van der Waals surface area contributed by atoms with E-state index in [-0.39, 0.29) is 43.0 Å². The van der Waals surface area contributed by atoms with Crippen molar-refractivity contribution in [3.05, 3.63) is 65.2 Å². The first-order valence-corrected chi connectivity index (χ1v) is 12.3. The third-order valence-corrected chi connectivity index (χ3v) is 7.76. The Kier molecular flexibility index (Phi) is 6.22. The molecule has 2 aliphatic rings. The number of anilines is 1. The normalized spacial score (nSPS) is 17.1. The van der Waals surface area contributed by atoms with E-state index in [4.69, 9.17) is 0 Å². The lowest BCUT2D eigenvalue weighted by Crippen LogP contribution is -2.48. The molecule has 0 radical (unpaired) electrons. The molecule has 10 heteroatoms. The number of nitrogens with one attached hydrogen (secondary N) is 1. The lowest BCUT2D eigenvalue weighted by Gasteiger charge is -2.41. The molecule has 33 heavy (non-hydrogen) atoms. The standard InChI is InChI=1S/C23H26N4O5S/c1-25(2)33(31,32)15-13-24-20(28)12-7-14-26-21-16-8-3-4-9-17(16)23(30)27(21)19-11-6-5-10-18(19)22(26)29/h3-6,8-11,21H,7,12-15H2,1-2H3,(H,24,28)/t21-/m1/s1. The Balaban J connectivity index is 1.46. The van der Waals surface area contributed by atoms with Crippen LogP contribution in [0.2, 0.25) is 0 Å². The van der Waals surface area contributed by atoms with Crippen LogP contribution in [0.25, 0.3) is 0 Å². The zero-order chi connectivity index (χ0) is 23.8. The van der Waals surface area contributed by atoms with Gasteiger partial charge in [0.2, 0.25) is 15.9 Å². The van der Waals surface area contributed by atoms with Gasteiger partial charge in [0.15, 0.2) is 0 Å². The number of benzene rings is 2. The van der Waals surface area contributed by atoms with E-state index in [9.17, 15) is 22.8 Å². The van der Waals surface area contributed by atoms with Gasteiger partial charge in [0.1, 0.15) is 6.17 Å². The van der Waals surface area contributed by atoms with Gasteiger partial charge in [-0.2, -0.15) is 0 Å². The Bertz CT molecular complexity index is 1210. The highest BCUT2D eigenvalue weighted by molar-refractivity contribution is 7.89. The SMILES string of the molecule is CN(C)S(=O)(=O)CCNC(=O)CCCN1C(=O)c2ccccc2N2C(=O)c3ccccc3[C@H]12. The molecule has 174 valence electrons. The van der Waals surface area contributed by atoms with Gasteiger partial charge >= 0.3 is 0 Å². The first-order chi connectivity index (χ1) is 15.7. The summed E-state index contributed by atoms with van der Waals surface area (Å²) in [6.07, 6.45) is -0.0409. The average Bonchev–Trinajstić information content (AvgIpc) is 3.08. The highest BCUT2D eigenvalue weighted by Crippen LogP contribution is 2.45. The molecule has 0 spiro atoms. The Morgan fingerprint density at radius 3 is 2.39 bits per heavy atom. The van der Waals surface area contributed by atoms with Crippen LogP contribution in [0.3, 0.4) is 0 Å². The van der Waals surface area contributed by atoms with Crippen LogP contribution in [-0.2, 0) is 14.8 Å². The summed E-state index contributed by atoms with van der Waals surface area (Å²) in [5.74, 6) is -0.800. The highest BCUT2D eigenvalue weighted by atomic mass is 32.2. The first kappa shape index (κ1) is 22.9. The van der Waals surface area contributed by atoms with Crippen LogP contribution < -0.4 is 10.2 Å². The van der Waals surface area contributed by atoms with E-state index in [0.29, 0.717) is 23.2 Å². The number of para-hydroxylation sites is 1. The lowest BCUT2D eigenvalue weighted by molar-refractivity contribution is -0.121. The third kappa shape index (κ3) is 4.23. The van der Waals surface area contributed by atoms with Crippen molar-refractivity contribution < 1.29 is 22.8 Å². The minimum atomic E-state index is -3.38. The van der Waals surface area contributed by atoms with Crippen molar-refractivity contribution in [1.82, 2.24) is 14.5 Å². The van der Waals surface area contributed by atoms with Gasteiger partial charge in [0.25, 0.3) is 11.8 Å². The van der Waals surface area contributed by atoms with Crippen LogP contribution in [-0.4, -0.2) is 68.3 Å². The van der Waals surface area contributed by atoms with Crippen LogP contribution in [0.4, 0.5) is 5.69 Å². The number of hydrogen-bond donors (Lipinski definition) is 1. The summed E-state index contributed by atoms with van der Waals surface area (Å²) in [5, 5.41) is 2.61. The maximum absolute atomic E-state index is 13.3. The summed E-state index contributed by atoms with van der Waals surface area (Å²) in [6, 6.07) is 14.3. The molecule has 0 fully saturated rings. The Labute approximate surface area is 193 Å². The molecule has 2 aromatic carbocycles. The molecule has 1 atom stereocenters. The molecule has 1 N–H and O–H groups in total. The van der Waals surface area contributed by atoms with Gasteiger partial charge in [-0.25, -0.2) is 12.7 Å². The van der Waals surface area contributed by atoms with Crippen molar-refractivity contribution in [2.45, 2.75) is 19.0 Å². The second-order valence-corrected chi connectivity index (χ2v) is 10.5. The van der Waals surface area contributed by atoms with Crippen molar-refractivity contribution in [3.8, 4) is 0 Å². The van der Waals surface area contributed by atoms with Crippen molar-refractivity contribution in [2.75, 3.05) is 37.8 Å². The number of nitrogens with zero attached hydrogens (tertiary/aromatic N) is 3. The van der Waals surface area contributed by atoms with Gasteiger partial charge in [-0.05, 0) is 24.6 Å². The fourth-order valence-corrected chi connectivity index (χ4v) is 4.92. The van der Waals surface area contributed by atoms with Gasteiger partial charge < -0.3 is 10.2 Å². The fraction of sp³-hybridized carbons (Fsp3) is 0.348. The predicted molar refractivity (Wildman–Crippen MR) is 123 cm³/mol. The van der Waals surface area contributed by atoms with Gasteiger partial charge in [0.05, 0.1) is 17.0 Å². The Morgan fingerprint density at radius 1 is 1.00 bits per heavy atom. The topological polar surface area (TPSA) is 107 Å². The van der Waals surface area contributed by atoms with Crippen LogP contribution in [0.5, 0.6) is 0 Å². The lowest BCUT2D eigenvalue weighted by atomic mass is 10.0. The summed E-state index contributed by atoms with van der Waals surface area (Å²) in [5.41, 5.74) is 2.37. The monoisotopic (exact) mass is 470 g/mol. The molecule has 3 amide bonds. The van der Waals surface area contributed by atoms with Crippen molar-refractivity contribution in [3.63, 3.8) is 0 Å². The summed E-state index contributed by atoms with van der Waals surface area (Å²) in [4.78, 5) is 42.0. The van der Waals surface area contributed by atoms with E-state index in [1.54, 1.807) is 46.2 Å². The van der Waals surface area contributed by atoms with E-state index in [2.05, 4.69) is 5.32 Å². The number of amides is 3. The molecule has 0 bridgehead atoms. The van der Waals surface area contributed by atoms with Gasteiger partial charge in [-0.3, -0.25) is 19.3 Å². The smallest absolute Gasteiger partial charge is 0.260 e. The van der Waals surface area contributed by atoms with Crippen molar-refractivity contribution >= 4 is 33.4 Å². The highest BCUT2D eigenvalue weighted by Gasteiger charge is 2.47. The predicted octanol–water partition coefficient (Wildman–Crippen LogP) is 1.59. The summed E-state index contributed by atoms with van der Waals surface area (Å²) < 4.78 is 24.7. The third-order valence-electron chi connectivity index (χ3n) is 5.92. The number of carbonyl (C=O) groups excluding carboxylic acids is 3. The molecule has 0 saturated carbocycles. The minimum Gasteiger partial charge on any atom is -0.355 e. The van der Waals surface area contributed by atoms with E-state index >= 15 is 0 Å². The van der Waals surface area contributed by atoms with Crippen LogP contribution >= 0.6 is 0 Å². The molecule has 2 aromatic rings. The van der Waals surface area contributed by atoms with Crippen LogP contribution in [0.1, 0.15) is 45.3 Å². The molecule has 0 aliphatic carbocycles. The zero-order valence-corrected chi connectivity index (χ0v) is 19.3. The second-order valence-electron chi connectivity index (χ2n) is 8.20. The van der Waals surface area contributed by atoms with E-state index in [1.807, 2.05) is 12.1 Å². The maximum Gasteiger partial charge on any atom is 0.260 e. The molecule has 2 aliphatic heterocycles. The summed E-state index contributed by atoms with van der Waals surface area (Å²) in [7, 11) is -0.493. The number of fused-ring (bicyclic) bond motifs is 5. The van der Waals surface area contributed by atoms with Crippen molar-refractivity contribution in [1.29, 1.82) is 0 Å². The second kappa shape index (κ2) is 8.95. The van der Waals surface area contributed by atoms with Crippen LogP contribution in [0.15, 0.2) is 48.5 Å². The van der Waals surface area contributed by atoms with E-state index in [0.717, 1.165) is 9.87 Å². The van der Waals surface area contributed by atoms with Crippen LogP contribution in [0, 0.1) is 0 Å². The molecular formula is C23H26N4O5S. The maximum atomic E-state index is 13.3. The molecule has 0 saturated heterocycles. The Morgan fingerprint density at radius 2 is 1.67 bits per heavy atom. The van der Waals surface area contributed by atoms with E-state index in [1.165, 1.54) is 14.1 Å². The molecule has 4 rings (SSSR count). The number of sulfonamides is 1. The van der Waals surface area contributed by atoms with Crippen molar-refractivity contribution in [2.24, 2.45) is 0 Å². The number of rotatable bonds is 8. The van der Waals surface area contributed by atoms with Gasteiger partial charge in [-0.1, -0.05) is 30.3 Å². The Hall–Kier alpha value is -3.24. The summed E-state index contributed by atoms with van der Waals surface area (Å²) >= 11 is 0. The fourth-order valence-electron chi connectivity index (χ4n) is 4.20. The minimum absolute atomic E-state index is 0.0215. The molecule has 2 heterocycles. The zero-order valence-electron chi connectivity index (χ0n) is 18.5. The molecule has 0 unspecified atom stereocenters. The molecular weight excluding hydrogens is 444 g/mol. The average molecular weight is 471 g/mol. The largest absolute Gasteiger partial charge is 0.355 e. The summed E-state index contributed by atoms with van der Waals surface area (Å²) in [6.45, 7) is 0.299.